The molecule has 0 aliphatic rings. The highest BCUT2D eigenvalue weighted by Gasteiger charge is 2.26. The minimum absolute atomic E-state index is 0.0293. The zero-order valence-electron chi connectivity index (χ0n) is 13.7. The highest BCUT2D eigenvalue weighted by atomic mass is 16.5. The van der Waals surface area contributed by atoms with E-state index in [-0.39, 0.29) is 16.9 Å². The minimum atomic E-state index is -0.0293. The van der Waals surface area contributed by atoms with Gasteiger partial charge in [0, 0.05) is 17.2 Å². The molecule has 108 valence electrons. The van der Waals surface area contributed by atoms with Gasteiger partial charge in [0.05, 0.1) is 7.11 Å². The molecule has 0 spiro atoms. The fourth-order valence-electron chi connectivity index (χ4n) is 2.21. The van der Waals surface area contributed by atoms with E-state index in [0.717, 1.165) is 11.3 Å². The highest BCUT2D eigenvalue weighted by molar-refractivity contribution is 5.50. The topological polar surface area (TPSA) is 35.2 Å². The Bertz CT molecular complexity index is 448. The number of rotatable bonds is 2. The first-order chi connectivity index (χ1) is 8.48. The van der Waals surface area contributed by atoms with Crippen molar-refractivity contribution in [3.63, 3.8) is 0 Å². The Morgan fingerprint density at radius 2 is 1.53 bits per heavy atom. The number of methoxy groups -OCH3 is 1. The van der Waals surface area contributed by atoms with Crippen molar-refractivity contribution in [2.24, 2.45) is 5.73 Å². The molecule has 0 saturated heterocycles. The van der Waals surface area contributed by atoms with Crippen LogP contribution in [0.15, 0.2) is 12.1 Å². The van der Waals surface area contributed by atoms with E-state index < -0.39 is 0 Å². The zero-order chi connectivity index (χ0) is 15.0. The van der Waals surface area contributed by atoms with Crippen molar-refractivity contribution in [2.45, 2.75) is 65.3 Å². The van der Waals surface area contributed by atoms with Crippen molar-refractivity contribution in [3.05, 3.63) is 28.8 Å². The van der Waals surface area contributed by atoms with Crippen molar-refractivity contribution < 1.29 is 4.74 Å². The van der Waals surface area contributed by atoms with Gasteiger partial charge in [-0.05, 0) is 29.4 Å². The summed E-state index contributed by atoms with van der Waals surface area (Å²) in [6, 6.07) is 4.43. The zero-order valence-corrected chi connectivity index (χ0v) is 13.7. The van der Waals surface area contributed by atoms with Crippen molar-refractivity contribution in [1.29, 1.82) is 0 Å². The number of benzene rings is 1. The molecule has 0 aliphatic carbocycles. The van der Waals surface area contributed by atoms with Crippen LogP contribution in [-0.2, 0) is 10.8 Å². The largest absolute Gasteiger partial charge is 0.496 e. The summed E-state index contributed by atoms with van der Waals surface area (Å²) in [4.78, 5) is 0. The van der Waals surface area contributed by atoms with Crippen LogP contribution < -0.4 is 10.5 Å². The predicted molar refractivity (Wildman–Crippen MR) is 83.0 cm³/mol. The summed E-state index contributed by atoms with van der Waals surface area (Å²) in [6.45, 7) is 15.3. The third kappa shape index (κ3) is 3.50. The maximum Gasteiger partial charge on any atom is 0.127 e. The Balaban J connectivity index is 3.65. The molecule has 0 aromatic heterocycles. The lowest BCUT2D eigenvalue weighted by atomic mass is 9.78. The molecular weight excluding hydrogens is 234 g/mol. The van der Waals surface area contributed by atoms with Crippen LogP contribution in [0.4, 0.5) is 0 Å². The van der Waals surface area contributed by atoms with Crippen LogP contribution in [0.25, 0.3) is 0 Å². The molecule has 0 bridgehead atoms. The molecule has 1 aromatic rings. The molecule has 2 nitrogen and oxygen atoms in total. The molecular formula is C17H29NO. The minimum Gasteiger partial charge on any atom is -0.496 e. The molecule has 0 heterocycles. The van der Waals surface area contributed by atoms with Gasteiger partial charge in [-0.3, -0.25) is 0 Å². The molecule has 19 heavy (non-hydrogen) atoms. The third-order valence-corrected chi connectivity index (χ3v) is 3.49. The molecule has 0 aliphatic heterocycles. The molecule has 0 unspecified atom stereocenters. The average molecular weight is 263 g/mol. The number of nitrogens with two attached hydrogens (primary N) is 1. The maximum absolute atomic E-state index is 6.13. The monoisotopic (exact) mass is 263 g/mol. The van der Waals surface area contributed by atoms with Crippen LogP contribution in [0.3, 0.4) is 0 Å². The first kappa shape index (κ1) is 16.0. The van der Waals surface area contributed by atoms with Gasteiger partial charge in [-0.25, -0.2) is 0 Å². The number of hydrogen-bond donors (Lipinski definition) is 1. The summed E-state index contributed by atoms with van der Waals surface area (Å²) >= 11 is 0. The second-order valence-corrected chi connectivity index (χ2v) is 7.43. The van der Waals surface area contributed by atoms with Crippen molar-refractivity contribution in [1.82, 2.24) is 0 Å². The molecule has 1 rings (SSSR count). The van der Waals surface area contributed by atoms with E-state index in [9.17, 15) is 0 Å². The van der Waals surface area contributed by atoms with Crippen LogP contribution in [0, 0.1) is 0 Å². The Labute approximate surface area is 118 Å². The summed E-state index contributed by atoms with van der Waals surface area (Å²) in [5, 5.41) is 0. The predicted octanol–water partition coefficient (Wildman–Crippen LogP) is 4.31. The summed E-state index contributed by atoms with van der Waals surface area (Å²) in [5.41, 5.74) is 9.92. The summed E-state index contributed by atoms with van der Waals surface area (Å²) in [6.07, 6.45) is 0. The Kier molecular flexibility index (Phi) is 4.36. The lowest BCUT2D eigenvalue weighted by molar-refractivity contribution is 0.388. The highest BCUT2D eigenvalue weighted by Crippen LogP contribution is 2.39. The van der Waals surface area contributed by atoms with E-state index in [1.165, 1.54) is 11.1 Å². The Morgan fingerprint density at radius 3 is 1.84 bits per heavy atom. The average Bonchev–Trinajstić information content (AvgIpc) is 2.24. The molecule has 0 radical (unpaired) electrons. The summed E-state index contributed by atoms with van der Waals surface area (Å²) in [7, 11) is 1.73. The van der Waals surface area contributed by atoms with E-state index >= 15 is 0 Å². The number of hydrogen-bond acceptors (Lipinski definition) is 2. The Morgan fingerprint density at radius 1 is 1.00 bits per heavy atom. The van der Waals surface area contributed by atoms with Crippen molar-refractivity contribution in [2.75, 3.05) is 7.11 Å². The molecule has 2 heteroatoms. The van der Waals surface area contributed by atoms with Gasteiger partial charge in [0.25, 0.3) is 0 Å². The van der Waals surface area contributed by atoms with Crippen molar-refractivity contribution >= 4 is 0 Å². The fraction of sp³-hybridized carbons (Fsp3) is 0.647. The lowest BCUT2D eigenvalue weighted by Gasteiger charge is -2.29. The Hall–Kier alpha value is -1.02. The molecule has 1 aromatic carbocycles. The van der Waals surface area contributed by atoms with Crippen LogP contribution in [0.5, 0.6) is 5.75 Å². The molecule has 0 saturated carbocycles. The molecule has 0 amide bonds. The summed E-state index contributed by atoms with van der Waals surface area (Å²) < 4.78 is 5.65. The van der Waals surface area contributed by atoms with Crippen LogP contribution in [0.1, 0.15) is 71.2 Å². The van der Waals surface area contributed by atoms with E-state index in [1.807, 2.05) is 6.92 Å². The second-order valence-electron chi connectivity index (χ2n) is 7.43. The van der Waals surface area contributed by atoms with E-state index in [0.29, 0.717) is 0 Å². The van der Waals surface area contributed by atoms with Crippen LogP contribution >= 0.6 is 0 Å². The lowest BCUT2D eigenvalue weighted by Crippen LogP contribution is -2.20. The standard InChI is InChI=1S/C17H29NO/c1-11(18)13-9-12(16(2,3)4)10-14(15(13)19-8)17(5,6)7/h9-11H,18H2,1-8H3/t11-/m0/s1. The van der Waals surface area contributed by atoms with Gasteiger partial charge in [0.2, 0.25) is 0 Å². The second kappa shape index (κ2) is 5.16. The first-order valence-electron chi connectivity index (χ1n) is 6.97. The van der Waals surface area contributed by atoms with Gasteiger partial charge < -0.3 is 10.5 Å². The molecule has 2 N–H and O–H groups in total. The van der Waals surface area contributed by atoms with Crippen LogP contribution in [0.2, 0.25) is 0 Å². The van der Waals surface area contributed by atoms with Gasteiger partial charge in [0.15, 0.2) is 0 Å². The molecule has 0 fully saturated rings. The van der Waals surface area contributed by atoms with E-state index in [1.54, 1.807) is 7.11 Å². The third-order valence-electron chi connectivity index (χ3n) is 3.49. The normalized spacial score (nSPS) is 14.4. The van der Waals surface area contributed by atoms with Gasteiger partial charge in [0.1, 0.15) is 5.75 Å². The van der Waals surface area contributed by atoms with Gasteiger partial charge in [-0.1, -0.05) is 47.6 Å². The molecule has 1 atom stereocenters. The summed E-state index contributed by atoms with van der Waals surface area (Å²) in [5.74, 6) is 0.940. The first-order valence-corrected chi connectivity index (χ1v) is 6.97. The van der Waals surface area contributed by atoms with Crippen LogP contribution in [-0.4, -0.2) is 7.11 Å². The number of ether oxygens (including phenoxy) is 1. The quantitative estimate of drug-likeness (QED) is 0.863. The van der Waals surface area contributed by atoms with E-state index in [2.05, 4.69) is 53.7 Å². The fourth-order valence-corrected chi connectivity index (χ4v) is 2.21. The van der Waals surface area contributed by atoms with Gasteiger partial charge >= 0.3 is 0 Å². The van der Waals surface area contributed by atoms with E-state index in [4.69, 9.17) is 10.5 Å². The smallest absolute Gasteiger partial charge is 0.127 e. The van der Waals surface area contributed by atoms with Crippen molar-refractivity contribution in [3.8, 4) is 5.75 Å². The van der Waals surface area contributed by atoms with Gasteiger partial charge in [-0.2, -0.15) is 0 Å². The maximum atomic E-state index is 6.13. The SMILES string of the molecule is COc1c([C@H](C)N)cc(C(C)(C)C)cc1C(C)(C)C. The van der Waals surface area contributed by atoms with Gasteiger partial charge in [-0.15, -0.1) is 0 Å².